The van der Waals surface area contributed by atoms with Crippen LogP contribution in [0.3, 0.4) is 0 Å². The van der Waals surface area contributed by atoms with E-state index in [1.165, 1.54) is 6.07 Å². The number of thiocarbonyl (C=S) groups is 1. The summed E-state index contributed by atoms with van der Waals surface area (Å²) in [6, 6.07) is 10.3. The average molecular weight is 305 g/mol. The molecular weight excluding hydrogens is 289 g/mol. The molecule has 0 bridgehead atoms. The Labute approximate surface area is 128 Å². The summed E-state index contributed by atoms with van der Waals surface area (Å²) in [5.74, 6) is 0.552. The van der Waals surface area contributed by atoms with Crippen molar-refractivity contribution in [3.63, 3.8) is 0 Å². The number of benzene rings is 2. The number of hydrogen-bond donors (Lipinski definition) is 1. The number of halogens is 1. The summed E-state index contributed by atoms with van der Waals surface area (Å²) in [5.41, 5.74) is 7.63. The van der Waals surface area contributed by atoms with Gasteiger partial charge in [-0.1, -0.05) is 29.9 Å². The van der Waals surface area contributed by atoms with Crippen molar-refractivity contribution in [2.75, 3.05) is 7.11 Å². The van der Waals surface area contributed by atoms with Gasteiger partial charge in [-0.05, 0) is 31.2 Å². The monoisotopic (exact) mass is 305 g/mol. The second kappa shape index (κ2) is 6.54. The third-order valence-corrected chi connectivity index (χ3v) is 3.24. The minimum absolute atomic E-state index is 0.0284. The highest BCUT2D eigenvalue weighted by molar-refractivity contribution is 7.80. The minimum Gasteiger partial charge on any atom is -0.496 e. The molecule has 110 valence electrons. The molecule has 0 atom stereocenters. The van der Waals surface area contributed by atoms with Crippen LogP contribution in [0.2, 0.25) is 0 Å². The van der Waals surface area contributed by atoms with Gasteiger partial charge in [0.1, 0.15) is 28.9 Å². The number of ether oxygens (including phenoxy) is 2. The number of methoxy groups -OCH3 is 1. The van der Waals surface area contributed by atoms with Crippen molar-refractivity contribution < 1.29 is 13.9 Å². The Kier molecular flexibility index (Phi) is 4.75. The van der Waals surface area contributed by atoms with Crippen LogP contribution in [0.5, 0.6) is 11.5 Å². The van der Waals surface area contributed by atoms with Crippen LogP contribution in [0.15, 0.2) is 36.4 Å². The zero-order valence-electron chi connectivity index (χ0n) is 11.9. The van der Waals surface area contributed by atoms with E-state index in [-0.39, 0.29) is 17.2 Å². The average Bonchev–Trinajstić information content (AvgIpc) is 2.44. The fourth-order valence-electron chi connectivity index (χ4n) is 2.04. The lowest BCUT2D eigenvalue weighted by atomic mass is 10.1. The lowest BCUT2D eigenvalue weighted by Crippen LogP contribution is -2.14. The summed E-state index contributed by atoms with van der Waals surface area (Å²) in [5, 5.41) is 0. The topological polar surface area (TPSA) is 44.5 Å². The first-order chi connectivity index (χ1) is 10.0. The highest BCUT2D eigenvalue weighted by Gasteiger charge is 2.13. The third kappa shape index (κ3) is 3.49. The molecule has 0 saturated heterocycles. The van der Waals surface area contributed by atoms with Gasteiger partial charge >= 0.3 is 0 Å². The van der Waals surface area contributed by atoms with E-state index in [1.54, 1.807) is 19.2 Å². The summed E-state index contributed by atoms with van der Waals surface area (Å²) in [4.78, 5) is -0.0284. The van der Waals surface area contributed by atoms with Crippen LogP contribution in [-0.2, 0) is 6.61 Å². The standard InChI is InChI=1S/C16H16FNO2S/c1-10-6-7-13(19-2)11(8-10)9-20-14-5-3-4-12(17)15(14)16(18)21/h3-8H,9H2,1-2H3,(H2,18,21). The molecule has 0 radical (unpaired) electrons. The van der Waals surface area contributed by atoms with Crippen molar-refractivity contribution in [2.45, 2.75) is 13.5 Å². The van der Waals surface area contributed by atoms with Gasteiger partial charge in [-0.15, -0.1) is 0 Å². The first-order valence-corrected chi connectivity index (χ1v) is 6.78. The molecule has 3 nitrogen and oxygen atoms in total. The Morgan fingerprint density at radius 3 is 2.67 bits per heavy atom. The molecule has 2 aromatic carbocycles. The van der Waals surface area contributed by atoms with Crippen LogP contribution < -0.4 is 15.2 Å². The minimum atomic E-state index is -0.490. The quantitative estimate of drug-likeness (QED) is 0.860. The van der Waals surface area contributed by atoms with Gasteiger partial charge in [0.05, 0.1) is 12.7 Å². The molecule has 2 N–H and O–H groups in total. The van der Waals surface area contributed by atoms with E-state index < -0.39 is 5.82 Å². The van der Waals surface area contributed by atoms with Gasteiger partial charge in [-0.3, -0.25) is 0 Å². The molecule has 0 aromatic heterocycles. The van der Waals surface area contributed by atoms with Gasteiger partial charge in [-0.25, -0.2) is 4.39 Å². The van der Waals surface area contributed by atoms with Crippen molar-refractivity contribution >= 4 is 17.2 Å². The van der Waals surface area contributed by atoms with Crippen molar-refractivity contribution in [2.24, 2.45) is 5.73 Å². The van der Waals surface area contributed by atoms with Crippen molar-refractivity contribution in [3.8, 4) is 11.5 Å². The molecule has 0 saturated carbocycles. The highest BCUT2D eigenvalue weighted by atomic mass is 32.1. The fourth-order valence-corrected chi connectivity index (χ4v) is 2.24. The molecule has 0 amide bonds. The molecule has 2 aromatic rings. The van der Waals surface area contributed by atoms with Crippen LogP contribution >= 0.6 is 12.2 Å². The summed E-state index contributed by atoms with van der Waals surface area (Å²) < 4.78 is 24.7. The lowest BCUT2D eigenvalue weighted by molar-refractivity contribution is 0.294. The molecular formula is C16H16FNO2S. The molecule has 2 rings (SSSR count). The number of rotatable bonds is 5. The zero-order chi connectivity index (χ0) is 15.4. The van der Waals surface area contributed by atoms with E-state index in [9.17, 15) is 4.39 Å². The molecule has 0 aliphatic heterocycles. The fraction of sp³-hybridized carbons (Fsp3) is 0.188. The van der Waals surface area contributed by atoms with Crippen molar-refractivity contribution in [3.05, 3.63) is 58.9 Å². The molecule has 0 heterocycles. The van der Waals surface area contributed by atoms with Crippen LogP contribution in [-0.4, -0.2) is 12.1 Å². The number of nitrogens with two attached hydrogens (primary N) is 1. The Balaban J connectivity index is 2.27. The van der Waals surface area contributed by atoms with Crippen LogP contribution in [0.25, 0.3) is 0 Å². The van der Waals surface area contributed by atoms with Crippen molar-refractivity contribution in [1.82, 2.24) is 0 Å². The normalized spacial score (nSPS) is 10.2. The highest BCUT2D eigenvalue weighted by Crippen LogP contribution is 2.25. The molecule has 21 heavy (non-hydrogen) atoms. The Bertz CT molecular complexity index is 673. The van der Waals surface area contributed by atoms with Gasteiger partial charge < -0.3 is 15.2 Å². The molecule has 5 heteroatoms. The first kappa shape index (κ1) is 15.3. The number of hydrogen-bond acceptors (Lipinski definition) is 3. The lowest BCUT2D eigenvalue weighted by Gasteiger charge is -2.13. The van der Waals surface area contributed by atoms with E-state index in [1.807, 2.05) is 25.1 Å². The van der Waals surface area contributed by atoms with Gasteiger partial charge in [-0.2, -0.15) is 0 Å². The van der Waals surface area contributed by atoms with Crippen LogP contribution in [0, 0.1) is 12.7 Å². The summed E-state index contributed by atoms with van der Waals surface area (Å²) in [7, 11) is 1.59. The second-order valence-corrected chi connectivity index (χ2v) is 5.02. The summed E-state index contributed by atoms with van der Waals surface area (Å²) in [6.45, 7) is 2.22. The Morgan fingerprint density at radius 1 is 1.24 bits per heavy atom. The zero-order valence-corrected chi connectivity index (χ0v) is 12.7. The van der Waals surface area contributed by atoms with E-state index in [4.69, 9.17) is 27.4 Å². The van der Waals surface area contributed by atoms with Gasteiger partial charge in [0.25, 0.3) is 0 Å². The largest absolute Gasteiger partial charge is 0.496 e. The SMILES string of the molecule is COc1ccc(C)cc1COc1cccc(F)c1C(N)=S. The summed E-state index contributed by atoms with van der Waals surface area (Å²) in [6.07, 6.45) is 0. The Hall–Kier alpha value is -2.14. The van der Waals surface area contributed by atoms with Gasteiger partial charge in [0.2, 0.25) is 0 Å². The van der Waals surface area contributed by atoms with E-state index in [2.05, 4.69) is 0 Å². The first-order valence-electron chi connectivity index (χ1n) is 6.37. The van der Waals surface area contributed by atoms with E-state index in [0.29, 0.717) is 11.5 Å². The maximum atomic E-state index is 13.8. The second-order valence-electron chi connectivity index (χ2n) is 4.58. The predicted octanol–water partition coefficient (Wildman–Crippen LogP) is 3.36. The van der Waals surface area contributed by atoms with E-state index >= 15 is 0 Å². The van der Waals surface area contributed by atoms with Crippen molar-refractivity contribution in [1.29, 1.82) is 0 Å². The molecule has 0 fully saturated rings. The molecule has 0 spiro atoms. The smallest absolute Gasteiger partial charge is 0.137 e. The maximum absolute atomic E-state index is 13.8. The molecule has 0 unspecified atom stereocenters. The Morgan fingerprint density at radius 2 is 2.00 bits per heavy atom. The predicted molar refractivity (Wildman–Crippen MR) is 84.4 cm³/mol. The van der Waals surface area contributed by atoms with Gasteiger partial charge in [0.15, 0.2) is 0 Å². The molecule has 0 aliphatic carbocycles. The maximum Gasteiger partial charge on any atom is 0.137 e. The van der Waals surface area contributed by atoms with Crippen LogP contribution in [0.4, 0.5) is 4.39 Å². The van der Waals surface area contributed by atoms with Gasteiger partial charge in [0, 0.05) is 5.56 Å². The summed E-state index contributed by atoms with van der Waals surface area (Å²) >= 11 is 4.87. The number of aryl methyl sites for hydroxylation is 1. The molecule has 0 aliphatic rings. The van der Waals surface area contributed by atoms with Crippen LogP contribution in [0.1, 0.15) is 16.7 Å². The third-order valence-electron chi connectivity index (χ3n) is 3.04. The van der Waals surface area contributed by atoms with E-state index in [0.717, 1.165) is 11.1 Å².